The minimum atomic E-state index is 0.377. The van der Waals surface area contributed by atoms with Crippen LogP contribution in [0.15, 0.2) is 12.1 Å². The SMILES string of the molecule is NC1CC2CCC(C1)N2Cc1cc(Cl)c2c(c1)OCCO2. The fourth-order valence-corrected chi connectivity index (χ4v) is 4.33. The first kappa shape index (κ1) is 13.7. The summed E-state index contributed by atoms with van der Waals surface area (Å²) in [6, 6.07) is 5.73. The average molecular weight is 309 g/mol. The third-order valence-corrected chi connectivity index (χ3v) is 5.22. The minimum Gasteiger partial charge on any atom is -0.486 e. The number of halogens is 1. The molecule has 2 atom stereocenters. The molecule has 0 aromatic heterocycles. The van der Waals surface area contributed by atoms with Crippen LogP contribution in [0.1, 0.15) is 31.2 Å². The molecule has 2 N–H and O–H groups in total. The molecule has 3 aliphatic rings. The molecule has 0 radical (unpaired) electrons. The summed E-state index contributed by atoms with van der Waals surface area (Å²) in [7, 11) is 0. The van der Waals surface area contributed by atoms with E-state index < -0.39 is 0 Å². The fraction of sp³-hybridized carbons (Fsp3) is 0.625. The summed E-state index contributed by atoms with van der Waals surface area (Å²) in [5.74, 6) is 1.47. The Labute approximate surface area is 130 Å². The molecule has 2 bridgehead atoms. The highest BCUT2D eigenvalue weighted by Gasteiger charge is 2.39. The maximum absolute atomic E-state index is 6.33. The lowest BCUT2D eigenvalue weighted by molar-refractivity contribution is 0.119. The molecule has 0 aliphatic carbocycles. The maximum Gasteiger partial charge on any atom is 0.179 e. The summed E-state index contributed by atoms with van der Waals surface area (Å²) in [5.41, 5.74) is 7.35. The first-order valence-electron chi connectivity index (χ1n) is 7.80. The summed E-state index contributed by atoms with van der Waals surface area (Å²) >= 11 is 6.33. The van der Waals surface area contributed by atoms with Crippen LogP contribution in [-0.4, -0.2) is 36.2 Å². The van der Waals surface area contributed by atoms with Gasteiger partial charge >= 0.3 is 0 Å². The second-order valence-electron chi connectivity index (χ2n) is 6.39. The van der Waals surface area contributed by atoms with E-state index in [2.05, 4.69) is 11.0 Å². The number of nitrogens with two attached hydrogens (primary N) is 1. The molecule has 0 amide bonds. The molecule has 4 nitrogen and oxygen atoms in total. The molecule has 5 heteroatoms. The standard InChI is InChI=1S/C16H21ClN2O2/c17-14-5-10(6-15-16(14)21-4-3-20-15)9-19-12-1-2-13(19)8-11(18)7-12/h5-6,11-13H,1-4,7-9,18H2. The van der Waals surface area contributed by atoms with Gasteiger partial charge in [0.1, 0.15) is 13.2 Å². The molecule has 2 fully saturated rings. The van der Waals surface area contributed by atoms with E-state index in [1.807, 2.05) is 6.07 Å². The van der Waals surface area contributed by atoms with E-state index in [0.717, 1.165) is 25.1 Å². The summed E-state index contributed by atoms with van der Waals surface area (Å²) < 4.78 is 11.3. The molecule has 1 aromatic rings. The predicted molar refractivity (Wildman–Crippen MR) is 82.0 cm³/mol. The van der Waals surface area contributed by atoms with Gasteiger partial charge in [0, 0.05) is 24.7 Å². The van der Waals surface area contributed by atoms with Gasteiger partial charge in [-0.3, -0.25) is 4.90 Å². The highest BCUT2D eigenvalue weighted by molar-refractivity contribution is 6.32. The van der Waals surface area contributed by atoms with Gasteiger partial charge in [-0.1, -0.05) is 11.6 Å². The molecule has 3 aliphatic heterocycles. The molecule has 4 rings (SSSR count). The van der Waals surface area contributed by atoms with Crippen molar-refractivity contribution in [3.63, 3.8) is 0 Å². The molecule has 114 valence electrons. The molecule has 0 spiro atoms. The van der Waals surface area contributed by atoms with Crippen LogP contribution in [-0.2, 0) is 6.54 Å². The molecule has 2 saturated heterocycles. The Morgan fingerprint density at radius 3 is 2.62 bits per heavy atom. The van der Waals surface area contributed by atoms with Crippen molar-refractivity contribution in [2.75, 3.05) is 13.2 Å². The van der Waals surface area contributed by atoms with Crippen molar-refractivity contribution in [1.29, 1.82) is 0 Å². The van der Waals surface area contributed by atoms with Crippen LogP contribution in [0, 0.1) is 0 Å². The monoisotopic (exact) mass is 308 g/mol. The largest absolute Gasteiger partial charge is 0.486 e. The topological polar surface area (TPSA) is 47.7 Å². The number of ether oxygens (including phenoxy) is 2. The second-order valence-corrected chi connectivity index (χ2v) is 6.80. The van der Waals surface area contributed by atoms with Gasteiger partial charge in [-0.15, -0.1) is 0 Å². The third-order valence-electron chi connectivity index (χ3n) is 4.94. The molecular formula is C16H21ClN2O2. The zero-order valence-electron chi connectivity index (χ0n) is 12.1. The number of rotatable bonds is 2. The van der Waals surface area contributed by atoms with Crippen molar-refractivity contribution in [1.82, 2.24) is 4.90 Å². The van der Waals surface area contributed by atoms with Gasteiger partial charge in [0.2, 0.25) is 0 Å². The Bertz CT molecular complexity index is 537. The van der Waals surface area contributed by atoms with Crippen LogP contribution in [0.2, 0.25) is 5.02 Å². The van der Waals surface area contributed by atoms with Gasteiger partial charge in [-0.25, -0.2) is 0 Å². The quantitative estimate of drug-likeness (QED) is 0.912. The summed E-state index contributed by atoms with van der Waals surface area (Å²) in [6.07, 6.45) is 4.79. The van der Waals surface area contributed by atoms with Crippen LogP contribution in [0.5, 0.6) is 11.5 Å². The molecule has 1 aromatic carbocycles. The van der Waals surface area contributed by atoms with Crippen molar-refractivity contribution >= 4 is 11.6 Å². The minimum absolute atomic E-state index is 0.377. The van der Waals surface area contributed by atoms with Crippen LogP contribution < -0.4 is 15.2 Å². The van der Waals surface area contributed by atoms with Crippen LogP contribution >= 0.6 is 11.6 Å². The fourth-order valence-electron chi connectivity index (χ4n) is 4.04. The van der Waals surface area contributed by atoms with Gasteiger partial charge < -0.3 is 15.2 Å². The van der Waals surface area contributed by atoms with E-state index in [-0.39, 0.29) is 0 Å². The van der Waals surface area contributed by atoms with Gasteiger partial charge in [-0.2, -0.15) is 0 Å². The van der Waals surface area contributed by atoms with Crippen LogP contribution in [0.3, 0.4) is 0 Å². The third kappa shape index (κ3) is 2.50. The van der Waals surface area contributed by atoms with Gasteiger partial charge in [0.15, 0.2) is 11.5 Å². The number of hydrogen-bond donors (Lipinski definition) is 1. The average Bonchev–Trinajstić information content (AvgIpc) is 2.70. The highest BCUT2D eigenvalue weighted by atomic mass is 35.5. The predicted octanol–water partition coefficient (Wildman–Crippen LogP) is 2.57. The van der Waals surface area contributed by atoms with E-state index in [1.54, 1.807) is 0 Å². The molecule has 21 heavy (non-hydrogen) atoms. The number of nitrogens with zero attached hydrogens (tertiary/aromatic N) is 1. The molecule has 0 saturated carbocycles. The normalized spacial score (nSPS) is 31.4. The lowest BCUT2D eigenvalue weighted by Crippen LogP contribution is -2.46. The van der Waals surface area contributed by atoms with Gasteiger partial charge in [0.05, 0.1) is 5.02 Å². The molecule has 3 heterocycles. The van der Waals surface area contributed by atoms with E-state index in [4.69, 9.17) is 26.8 Å². The van der Waals surface area contributed by atoms with E-state index >= 15 is 0 Å². The zero-order chi connectivity index (χ0) is 14.4. The summed E-state index contributed by atoms with van der Waals surface area (Å²) in [6.45, 7) is 2.09. The summed E-state index contributed by atoms with van der Waals surface area (Å²) in [4.78, 5) is 2.60. The van der Waals surface area contributed by atoms with Crippen LogP contribution in [0.4, 0.5) is 0 Å². The number of benzene rings is 1. The Morgan fingerprint density at radius 1 is 1.14 bits per heavy atom. The Balaban J connectivity index is 1.56. The van der Waals surface area contributed by atoms with E-state index in [9.17, 15) is 0 Å². The second kappa shape index (κ2) is 5.34. The van der Waals surface area contributed by atoms with E-state index in [0.29, 0.717) is 42.1 Å². The number of hydrogen-bond acceptors (Lipinski definition) is 4. The van der Waals surface area contributed by atoms with Crippen molar-refractivity contribution in [3.05, 3.63) is 22.7 Å². The van der Waals surface area contributed by atoms with Crippen LogP contribution in [0.25, 0.3) is 0 Å². The lowest BCUT2D eigenvalue weighted by atomic mass is 9.97. The smallest absolute Gasteiger partial charge is 0.179 e. The highest BCUT2D eigenvalue weighted by Crippen LogP contribution is 2.41. The summed E-state index contributed by atoms with van der Waals surface area (Å²) in [5, 5.41) is 0.656. The molecular weight excluding hydrogens is 288 g/mol. The van der Waals surface area contributed by atoms with Gasteiger partial charge in [-0.05, 0) is 43.4 Å². The molecule has 2 unspecified atom stereocenters. The first-order valence-corrected chi connectivity index (χ1v) is 8.18. The zero-order valence-corrected chi connectivity index (χ0v) is 12.8. The number of fused-ring (bicyclic) bond motifs is 3. The van der Waals surface area contributed by atoms with Crippen molar-refractivity contribution in [2.45, 2.75) is 50.4 Å². The Kier molecular flexibility index (Phi) is 3.48. The van der Waals surface area contributed by atoms with Gasteiger partial charge in [0.25, 0.3) is 0 Å². The Morgan fingerprint density at radius 2 is 1.86 bits per heavy atom. The van der Waals surface area contributed by atoms with Crippen molar-refractivity contribution in [3.8, 4) is 11.5 Å². The van der Waals surface area contributed by atoms with Crippen molar-refractivity contribution in [2.24, 2.45) is 5.73 Å². The maximum atomic E-state index is 6.33. The Hall–Kier alpha value is -0.970. The number of piperidine rings is 1. The lowest BCUT2D eigenvalue weighted by Gasteiger charge is -2.37. The first-order chi connectivity index (χ1) is 10.2. The van der Waals surface area contributed by atoms with E-state index in [1.165, 1.54) is 18.4 Å². The van der Waals surface area contributed by atoms with Crippen molar-refractivity contribution < 1.29 is 9.47 Å².